The molecule has 2 heterocycles. The summed E-state index contributed by atoms with van der Waals surface area (Å²) >= 11 is 0. The van der Waals surface area contributed by atoms with Gasteiger partial charge in [-0.05, 0) is 59.9 Å². The minimum Gasteiger partial charge on any atom is -0.295 e. The Morgan fingerprint density at radius 2 is 1.47 bits per heavy atom. The number of imide groups is 1. The number of hydrogen-bond donors (Lipinski definition) is 1. The van der Waals surface area contributed by atoms with Gasteiger partial charge in [0.05, 0.1) is 28.6 Å². The van der Waals surface area contributed by atoms with Gasteiger partial charge in [-0.25, -0.2) is 4.68 Å². The molecule has 0 fully saturated rings. The molecule has 0 saturated heterocycles. The Kier molecular flexibility index (Phi) is 4.21. The molecule has 1 aliphatic heterocycles. The molecule has 5 aromatic rings. The zero-order valence-electron chi connectivity index (χ0n) is 19.4. The second-order valence-electron chi connectivity index (χ2n) is 9.25. The third-order valence-electron chi connectivity index (χ3n) is 7.27. The van der Waals surface area contributed by atoms with Crippen molar-refractivity contribution in [3.05, 3.63) is 111 Å². The molecule has 7 rings (SSSR count). The maximum Gasteiger partial charge on any atom is 0.282 e. The van der Waals surface area contributed by atoms with E-state index in [1.807, 2.05) is 54.6 Å². The van der Waals surface area contributed by atoms with Gasteiger partial charge < -0.3 is 0 Å². The van der Waals surface area contributed by atoms with Crippen molar-refractivity contribution in [2.45, 2.75) is 19.8 Å². The van der Waals surface area contributed by atoms with Crippen molar-refractivity contribution in [3.8, 4) is 5.69 Å². The number of hydrogen-bond acceptors (Lipinski definition) is 4. The third kappa shape index (κ3) is 2.74. The van der Waals surface area contributed by atoms with Crippen molar-refractivity contribution in [2.75, 3.05) is 0 Å². The highest BCUT2D eigenvalue weighted by molar-refractivity contribution is 6.26. The second-order valence-corrected chi connectivity index (χ2v) is 9.25. The molecule has 0 saturated carbocycles. The number of amides is 2. The van der Waals surface area contributed by atoms with Gasteiger partial charge >= 0.3 is 0 Å². The van der Waals surface area contributed by atoms with E-state index in [2.05, 4.69) is 10.2 Å². The Morgan fingerprint density at radius 3 is 2.19 bits per heavy atom. The second kappa shape index (κ2) is 7.36. The van der Waals surface area contributed by atoms with E-state index in [0.29, 0.717) is 22.5 Å². The highest BCUT2D eigenvalue weighted by atomic mass is 16.2. The number of nitrogens with zero attached hydrogens (tertiary/aromatic N) is 3. The van der Waals surface area contributed by atoms with Crippen LogP contribution >= 0.6 is 0 Å². The molecule has 0 radical (unpaired) electrons. The summed E-state index contributed by atoms with van der Waals surface area (Å²) in [6.07, 6.45) is 3.12. The van der Waals surface area contributed by atoms with Crippen LogP contribution in [0, 0.1) is 6.92 Å². The van der Waals surface area contributed by atoms with Crippen LogP contribution in [0.2, 0.25) is 0 Å². The van der Waals surface area contributed by atoms with Crippen LogP contribution in [0.5, 0.6) is 0 Å². The number of carbonyl (C=O) groups is 2. The quantitative estimate of drug-likeness (QED) is 0.310. The van der Waals surface area contributed by atoms with E-state index in [1.165, 1.54) is 22.0 Å². The molecule has 0 spiro atoms. The maximum absolute atomic E-state index is 13.4. The van der Waals surface area contributed by atoms with E-state index in [4.69, 9.17) is 0 Å². The van der Waals surface area contributed by atoms with Crippen LogP contribution < -0.4 is 5.56 Å². The minimum atomic E-state index is -0.484. The fraction of sp³-hybridized carbons (Fsp3) is 0.103. The molecule has 0 unspecified atom stereocenters. The predicted octanol–water partition coefficient (Wildman–Crippen LogP) is 4.51. The van der Waals surface area contributed by atoms with Gasteiger partial charge in [0, 0.05) is 16.5 Å². The van der Waals surface area contributed by atoms with Crippen molar-refractivity contribution < 1.29 is 9.59 Å². The monoisotopic (exact) mass is 472 g/mol. The minimum absolute atomic E-state index is 0.281. The number of aryl methyl sites for hydroxylation is 3. The standard InChI is InChI=1S/C29H20N4O3/c1-16-23(29(36)32(31-16)24-8-4-6-17-5-2-3-7-20(17)24)15-30-33-27(34)21-13-11-18-9-10-19-12-14-22(28(33)35)26(21)25(18)19/h2-8,11-15,31H,9-10H2,1H3/b30-15+. The van der Waals surface area contributed by atoms with Gasteiger partial charge in [0.2, 0.25) is 0 Å². The smallest absolute Gasteiger partial charge is 0.282 e. The first-order valence-electron chi connectivity index (χ1n) is 11.8. The number of H-pyrrole nitrogens is 1. The molecule has 0 atom stereocenters. The summed E-state index contributed by atoms with van der Waals surface area (Å²) in [5.74, 6) is -0.969. The number of carbonyl (C=O) groups excluding carboxylic acids is 2. The fourth-order valence-corrected chi connectivity index (χ4v) is 5.51. The van der Waals surface area contributed by atoms with Crippen LogP contribution in [0.1, 0.15) is 43.1 Å². The van der Waals surface area contributed by atoms with E-state index < -0.39 is 11.8 Å². The van der Waals surface area contributed by atoms with Gasteiger partial charge in [-0.3, -0.25) is 19.5 Å². The lowest BCUT2D eigenvalue weighted by Crippen LogP contribution is -2.36. The predicted molar refractivity (Wildman–Crippen MR) is 138 cm³/mol. The van der Waals surface area contributed by atoms with Crippen LogP contribution in [0.25, 0.3) is 27.2 Å². The highest BCUT2D eigenvalue weighted by Gasteiger charge is 2.35. The number of benzene rings is 4. The summed E-state index contributed by atoms with van der Waals surface area (Å²) < 4.78 is 1.47. The molecule has 0 bridgehead atoms. The van der Waals surface area contributed by atoms with E-state index in [-0.39, 0.29) is 11.1 Å². The molecule has 1 N–H and O–H groups in total. The molecular formula is C29H20N4O3. The maximum atomic E-state index is 13.4. The van der Waals surface area contributed by atoms with Crippen LogP contribution in [-0.2, 0) is 12.8 Å². The Hall–Kier alpha value is -4.78. The number of aromatic nitrogens is 2. The Bertz CT molecular complexity index is 1810. The molecule has 1 aromatic heterocycles. The van der Waals surface area contributed by atoms with E-state index in [1.54, 1.807) is 19.1 Å². The van der Waals surface area contributed by atoms with Crippen molar-refractivity contribution >= 4 is 39.6 Å². The zero-order valence-corrected chi connectivity index (χ0v) is 19.4. The summed E-state index contributed by atoms with van der Waals surface area (Å²) in [4.78, 5) is 40.0. The van der Waals surface area contributed by atoms with Crippen molar-refractivity contribution in [2.24, 2.45) is 5.10 Å². The SMILES string of the molecule is Cc1[nH]n(-c2cccc3ccccc23)c(=O)c1/C=N/N1C(=O)c2ccc3c4c(ccc(c24)C1=O)CC3. The molecule has 4 aromatic carbocycles. The molecule has 7 heteroatoms. The molecular weight excluding hydrogens is 452 g/mol. The summed E-state index contributed by atoms with van der Waals surface area (Å²) in [5.41, 5.74) is 4.52. The first kappa shape index (κ1) is 20.6. The summed E-state index contributed by atoms with van der Waals surface area (Å²) in [7, 11) is 0. The molecule has 7 nitrogen and oxygen atoms in total. The number of aromatic amines is 1. The van der Waals surface area contributed by atoms with Gasteiger partial charge in [-0.1, -0.05) is 48.5 Å². The summed E-state index contributed by atoms with van der Waals surface area (Å²) in [6, 6.07) is 21.1. The van der Waals surface area contributed by atoms with Crippen molar-refractivity contribution in [3.63, 3.8) is 0 Å². The molecule has 2 amide bonds. The first-order chi connectivity index (χ1) is 17.5. The van der Waals surface area contributed by atoms with Crippen LogP contribution in [0.4, 0.5) is 0 Å². The largest absolute Gasteiger partial charge is 0.295 e. The Labute approximate surface area is 205 Å². The van der Waals surface area contributed by atoms with Crippen molar-refractivity contribution in [1.29, 1.82) is 0 Å². The van der Waals surface area contributed by atoms with Gasteiger partial charge in [0.25, 0.3) is 17.4 Å². The number of rotatable bonds is 3. The topological polar surface area (TPSA) is 87.5 Å². The van der Waals surface area contributed by atoms with Gasteiger partial charge in [0.15, 0.2) is 0 Å². The fourth-order valence-electron chi connectivity index (χ4n) is 5.51. The van der Waals surface area contributed by atoms with Gasteiger partial charge in [0.1, 0.15) is 0 Å². The van der Waals surface area contributed by atoms with Gasteiger partial charge in [-0.2, -0.15) is 10.1 Å². The lowest BCUT2D eigenvalue weighted by molar-refractivity contribution is 0.0616. The average Bonchev–Trinajstić information content (AvgIpc) is 3.45. The Balaban J connectivity index is 1.31. The van der Waals surface area contributed by atoms with E-state index >= 15 is 0 Å². The molecule has 2 aliphatic rings. The van der Waals surface area contributed by atoms with Crippen LogP contribution in [-0.4, -0.2) is 32.8 Å². The number of fused-ring (bicyclic) bond motifs is 1. The summed E-state index contributed by atoms with van der Waals surface area (Å²) in [6.45, 7) is 1.76. The van der Waals surface area contributed by atoms with Crippen LogP contribution in [0.3, 0.4) is 0 Å². The van der Waals surface area contributed by atoms with Crippen LogP contribution in [0.15, 0.2) is 76.6 Å². The highest BCUT2D eigenvalue weighted by Crippen LogP contribution is 2.38. The normalized spacial score (nSPS) is 14.6. The first-order valence-corrected chi connectivity index (χ1v) is 11.8. The molecule has 36 heavy (non-hydrogen) atoms. The number of nitrogens with one attached hydrogen (secondary N) is 1. The number of hydrazone groups is 1. The Morgan fingerprint density at radius 1 is 0.806 bits per heavy atom. The molecule has 174 valence electrons. The van der Waals surface area contributed by atoms with E-state index in [9.17, 15) is 14.4 Å². The molecule has 1 aliphatic carbocycles. The zero-order chi connectivity index (χ0) is 24.6. The summed E-state index contributed by atoms with van der Waals surface area (Å²) in [5, 5.41) is 11.9. The third-order valence-corrected chi connectivity index (χ3v) is 7.27. The lowest BCUT2D eigenvalue weighted by Gasteiger charge is -2.23. The lowest BCUT2D eigenvalue weighted by atomic mass is 9.92. The average molecular weight is 473 g/mol. The van der Waals surface area contributed by atoms with E-state index in [0.717, 1.165) is 39.4 Å². The van der Waals surface area contributed by atoms with Crippen molar-refractivity contribution in [1.82, 2.24) is 14.8 Å². The van der Waals surface area contributed by atoms with Gasteiger partial charge in [-0.15, -0.1) is 0 Å².